The number of halogens is 1. The summed E-state index contributed by atoms with van der Waals surface area (Å²) in [5.74, 6) is -3.10. The van der Waals surface area contributed by atoms with Gasteiger partial charge in [-0.15, -0.1) is 0 Å². The molecule has 4 unspecified atom stereocenters. The van der Waals surface area contributed by atoms with Crippen LogP contribution in [0.15, 0.2) is 60.8 Å². The van der Waals surface area contributed by atoms with E-state index < -0.39 is 37.0 Å². The summed E-state index contributed by atoms with van der Waals surface area (Å²) in [6, 6.07) is 15.2. The second-order valence-corrected chi connectivity index (χ2v) is 10.5. The summed E-state index contributed by atoms with van der Waals surface area (Å²) in [6.07, 6.45) is 0.103. The van der Waals surface area contributed by atoms with Crippen molar-refractivity contribution in [3.05, 3.63) is 77.7 Å². The summed E-state index contributed by atoms with van der Waals surface area (Å²) in [4.78, 5) is 27.6. The molecule has 0 aliphatic heterocycles. The van der Waals surface area contributed by atoms with Gasteiger partial charge in [-0.3, -0.25) is 4.98 Å². The van der Waals surface area contributed by atoms with Gasteiger partial charge in [0, 0.05) is 11.8 Å². The third-order valence-electron chi connectivity index (χ3n) is 6.44. The molecule has 0 amide bonds. The lowest BCUT2D eigenvalue weighted by Crippen LogP contribution is -2.50. The number of rotatable bonds is 9. The first-order chi connectivity index (χ1) is 16.5. The zero-order valence-electron chi connectivity index (χ0n) is 20.1. The highest BCUT2D eigenvalue weighted by atomic mass is 31.1. The lowest BCUT2D eigenvalue weighted by atomic mass is 9.74. The molecule has 35 heavy (non-hydrogen) atoms. The molecule has 6 nitrogen and oxygen atoms in total. The number of hydrogen-bond acceptors (Lipinski definition) is 4. The summed E-state index contributed by atoms with van der Waals surface area (Å²) >= 11 is 0. The summed E-state index contributed by atoms with van der Waals surface area (Å²) in [5, 5.41) is 18.5. The van der Waals surface area contributed by atoms with E-state index in [2.05, 4.69) is 4.98 Å². The Labute approximate surface area is 205 Å². The van der Waals surface area contributed by atoms with Crippen LogP contribution in [-0.4, -0.2) is 37.3 Å². The molecule has 0 spiro atoms. The Morgan fingerprint density at radius 1 is 1.06 bits per heavy atom. The first kappa shape index (κ1) is 26.6. The van der Waals surface area contributed by atoms with Gasteiger partial charge in [-0.05, 0) is 65.1 Å². The number of benzene rings is 2. The van der Waals surface area contributed by atoms with Gasteiger partial charge in [0.25, 0.3) is 0 Å². The van der Waals surface area contributed by atoms with Crippen LogP contribution < -0.4 is 0 Å². The summed E-state index contributed by atoms with van der Waals surface area (Å²) in [7, 11) is -3.36. The Kier molecular flexibility index (Phi) is 8.16. The lowest BCUT2D eigenvalue weighted by molar-refractivity contribution is -0.144. The van der Waals surface area contributed by atoms with Gasteiger partial charge in [0.2, 0.25) is 0 Å². The van der Waals surface area contributed by atoms with Crippen LogP contribution in [-0.2, 0) is 9.36 Å². The first-order valence-corrected chi connectivity index (χ1v) is 12.6. The van der Waals surface area contributed by atoms with E-state index >= 15 is 0 Å². The third kappa shape index (κ3) is 5.03. The van der Waals surface area contributed by atoms with Gasteiger partial charge >= 0.3 is 19.2 Å². The predicted octanol–water partition coefficient (Wildman–Crippen LogP) is 5.93. The summed E-state index contributed by atoms with van der Waals surface area (Å²) in [5.41, 5.74) is 3.85. The van der Waals surface area contributed by atoms with Gasteiger partial charge in [0.1, 0.15) is 11.9 Å². The van der Waals surface area contributed by atoms with E-state index in [0.29, 0.717) is 27.9 Å². The minimum absolute atomic E-state index is 0.0670. The Morgan fingerprint density at radius 3 is 2.14 bits per heavy atom. The molecule has 1 heterocycles. The number of carbonyl (C=O) groups is 1. The van der Waals surface area contributed by atoms with Gasteiger partial charge in [0.05, 0.1) is 11.6 Å². The summed E-state index contributed by atoms with van der Waals surface area (Å²) < 4.78 is 26.5. The van der Waals surface area contributed by atoms with Crippen LogP contribution in [0.3, 0.4) is 0 Å². The number of carboxylic acid groups (broad SMARTS) is 1. The van der Waals surface area contributed by atoms with Crippen molar-refractivity contribution >= 4 is 14.0 Å². The number of aromatic nitrogens is 1. The highest BCUT2D eigenvalue weighted by Crippen LogP contribution is 2.53. The Hall–Kier alpha value is -2.99. The average molecular weight is 499 g/mol. The van der Waals surface area contributed by atoms with E-state index in [1.54, 1.807) is 12.1 Å². The molecule has 3 N–H and O–H groups in total. The topological polar surface area (TPSA) is 108 Å². The molecule has 3 rings (SSSR count). The quantitative estimate of drug-likeness (QED) is 0.316. The Balaban J connectivity index is 2.43. The fourth-order valence-electron chi connectivity index (χ4n) is 4.79. The van der Waals surface area contributed by atoms with Crippen LogP contribution in [0.5, 0.6) is 0 Å². The van der Waals surface area contributed by atoms with Crippen molar-refractivity contribution in [1.29, 1.82) is 0 Å². The Morgan fingerprint density at radius 2 is 1.66 bits per heavy atom. The maximum Gasteiger partial charge on any atom is 0.527 e. The second kappa shape index (κ2) is 10.7. The van der Waals surface area contributed by atoms with Crippen molar-refractivity contribution in [2.24, 2.45) is 5.92 Å². The largest absolute Gasteiger partial charge is 0.527 e. The minimum Gasteiger partial charge on any atom is -0.477 e. The van der Waals surface area contributed by atoms with Crippen molar-refractivity contribution in [2.45, 2.75) is 51.3 Å². The molecule has 0 saturated heterocycles. The molecular formula is C27H30FNO5P+. The van der Waals surface area contributed by atoms with Gasteiger partial charge < -0.3 is 10.2 Å². The maximum atomic E-state index is 13.8. The second-order valence-electron chi connectivity index (χ2n) is 9.20. The van der Waals surface area contributed by atoms with Crippen LogP contribution in [0.4, 0.5) is 4.39 Å². The van der Waals surface area contributed by atoms with Crippen LogP contribution >= 0.6 is 8.03 Å². The number of carboxylic acids is 1. The Bertz CT molecular complexity index is 1200. The molecule has 0 saturated carbocycles. The molecular weight excluding hydrogens is 468 g/mol. The van der Waals surface area contributed by atoms with Crippen LogP contribution in [0.25, 0.3) is 22.4 Å². The molecule has 184 valence electrons. The predicted molar refractivity (Wildman–Crippen MR) is 134 cm³/mol. The van der Waals surface area contributed by atoms with E-state index in [4.69, 9.17) is 0 Å². The molecule has 0 fully saturated rings. The first-order valence-electron chi connectivity index (χ1n) is 11.4. The van der Waals surface area contributed by atoms with Crippen LogP contribution in [0.2, 0.25) is 0 Å². The normalized spacial score (nSPS) is 15.4. The zero-order chi connectivity index (χ0) is 25.9. The standard InChI is InChI=1S/C27H29FNO5P/c1-16(2)14-23(27(18(4)30,26(31)32)35(33)34)22-15-29-25(20-8-6-5-7-9-20)17(3)24(22)19-10-12-21(28)13-11-19/h5-13,15-16,18,23,30H,14H2,1-4H3,(H-,31,32,33,34)/p+1. The number of aliphatic hydroxyl groups excluding tert-OH is 1. The monoisotopic (exact) mass is 498 g/mol. The molecule has 0 radical (unpaired) electrons. The van der Waals surface area contributed by atoms with Crippen LogP contribution in [0.1, 0.15) is 44.2 Å². The van der Waals surface area contributed by atoms with E-state index in [-0.39, 0.29) is 12.3 Å². The average Bonchev–Trinajstić information content (AvgIpc) is 2.79. The van der Waals surface area contributed by atoms with E-state index in [1.165, 1.54) is 25.3 Å². The highest BCUT2D eigenvalue weighted by molar-refractivity contribution is 7.41. The molecule has 2 aromatic carbocycles. The SMILES string of the molecule is Cc1c(-c2ccccc2)ncc(C(CC(C)C)C(C(=O)O)(C(C)O)[P+](=O)O)c1-c1ccc(F)cc1. The van der Waals surface area contributed by atoms with E-state index in [0.717, 1.165) is 5.56 Å². The molecule has 0 aliphatic rings. The van der Waals surface area contributed by atoms with E-state index in [9.17, 15) is 28.9 Å². The maximum absolute atomic E-state index is 13.8. The molecule has 3 aromatic rings. The zero-order valence-corrected chi connectivity index (χ0v) is 21.0. The van der Waals surface area contributed by atoms with Crippen molar-refractivity contribution in [1.82, 2.24) is 4.98 Å². The number of nitrogens with zero attached hydrogens (tertiary/aromatic N) is 1. The number of aliphatic hydroxyl groups is 1. The fourth-order valence-corrected chi connectivity index (χ4v) is 5.78. The molecule has 4 atom stereocenters. The highest BCUT2D eigenvalue weighted by Gasteiger charge is 2.67. The third-order valence-corrected chi connectivity index (χ3v) is 7.95. The fraction of sp³-hybridized carbons (Fsp3) is 0.333. The molecule has 0 aliphatic carbocycles. The van der Waals surface area contributed by atoms with Gasteiger partial charge in [0.15, 0.2) is 0 Å². The minimum atomic E-state index is -3.36. The summed E-state index contributed by atoms with van der Waals surface area (Å²) in [6.45, 7) is 6.82. The van der Waals surface area contributed by atoms with E-state index in [1.807, 2.05) is 51.1 Å². The lowest BCUT2D eigenvalue weighted by Gasteiger charge is -2.32. The van der Waals surface area contributed by atoms with Crippen molar-refractivity contribution in [3.8, 4) is 22.4 Å². The number of hydrogen-bond donors (Lipinski definition) is 3. The number of aliphatic carboxylic acids is 1. The molecule has 1 aromatic heterocycles. The van der Waals surface area contributed by atoms with Gasteiger partial charge in [-0.2, -0.15) is 4.89 Å². The van der Waals surface area contributed by atoms with Crippen molar-refractivity contribution < 1.29 is 28.9 Å². The van der Waals surface area contributed by atoms with Gasteiger partial charge in [-0.1, -0.05) is 56.3 Å². The smallest absolute Gasteiger partial charge is 0.477 e. The molecule has 8 heteroatoms. The molecule has 0 bridgehead atoms. The van der Waals surface area contributed by atoms with Gasteiger partial charge in [-0.25, -0.2) is 9.18 Å². The van der Waals surface area contributed by atoms with Crippen molar-refractivity contribution in [2.75, 3.05) is 0 Å². The van der Waals surface area contributed by atoms with Crippen LogP contribution in [0, 0.1) is 18.7 Å². The number of pyridine rings is 1. The van der Waals surface area contributed by atoms with Crippen molar-refractivity contribution in [3.63, 3.8) is 0 Å².